The quantitative estimate of drug-likeness (QED) is 0.638. The van der Waals surface area contributed by atoms with E-state index in [1.165, 1.54) is 6.07 Å². The van der Waals surface area contributed by atoms with Gasteiger partial charge in [-0.3, -0.25) is 4.79 Å². The first-order valence-corrected chi connectivity index (χ1v) is 6.15. The molecule has 0 unspecified atom stereocenters. The van der Waals surface area contributed by atoms with Gasteiger partial charge in [0.1, 0.15) is 11.0 Å². The van der Waals surface area contributed by atoms with Gasteiger partial charge >= 0.3 is 0 Å². The SMILES string of the molecule is O=C(Nc1cc(Cl)nc(Cl)n1)[C@H]1CCCCN1. The molecule has 0 bridgehead atoms. The highest BCUT2D eigenvalue weighted by Crippen LogP contribution is 2.15. The number of rotatable bonds is 2. The minimum Gasteiger partial charge on any atom is -0.309 e. The Hall–Kier alpha value is -0.910. The predicted octanol–water partition coefficient (Wildman–Crippen LogP) is 1.86. The average molecular weight is 275 g/mol. The second kappa shape index (κ2) is 5.62. The van der Waals surface area contributed by atoms with Gasteiger partial charge in [-0.1, -0.05) is 18.0 Å². The lowest BCUT2D eigenvalue weighted by molar-refractivity contribution is -0.118. The minimum atomic E-state index is -0.170. The number of carbonyl (C=O) groups excluding carboxylic acids is 1. The maximum Gasteiger partial charge on any atom is 0.242 e. The van der Waals surface area contributed by atoms with Gasteiger partial charge < -0.3 is 10.6 Å². The topological polar surface area (TPSA) is 66.9 Å². The van der Waals surface area contributed by atoms with Gasteiger partial charge in [0.25, 0.3) is 0 Å². The van der Waals surface area contributed by atoms with E-state index in [9.17, 15) is 4.79 Å². The van der Waals surface area contributed by atoms with Crippen LogP contribution in [0.4, 0.5) is 5.82 Å². The Morgan fingerprint density at radius 3 is 2.88 bits per heavy atom. The van der Waals surface area contributed by atoms with E-state index >= 15 is 0 Å². The zero-order valence-electron chi connectivity index (χ0n) is 9.04. The molecule has 7 heteroatoms. The number of carbonyl (C=O) groups is 1. The van der Waals surface area contributed by atoms with Gasteiger partial charge in [-0.05, 0) is 31.0 Å². The molecule has 1 fully saturated rings. The zero-order valence-corrected chi connectivity index (χ0v) is 10.6. The van der Waals surface area contributed by atoms with Crippen molar-refractivity contribution in [3.8, 4) is 0 Å². The molecule has 17 heavy (non-hydrogen) atoms. The normalized spacial score (nSPS) is 20.0. The van der Waals surface area contributed by atoms with Gasteiger partial charge in [-0.25, -0.2) is 9.97 Å². The molecule has 0 spiro atoms. The largest absolute Gasteiger partial charge is 0.309 e. The highest BCUT2D eigenvalue weighted by Gasteiger charge is 2.20. The Kier molecular flexibility index (Phi) is 4.15. The molecule has 92 valence electrons. The molecular formula is C10H12Cl2N4O. The molecule has 0 aliphatic carbocycles. The van der Waals surface area contributed by atoms with Gasteiger partial charge in [-0.15, -0.1) is 0 Å². The van der Waals surface area contributed by atoms with E-state index in [4.69, 9.17) is 23.2 Å². The first-order valence-electron chi connectivity index (χ1n) is 5.39. The van der Waals surface area contributed by atoms with Crippen LogP contribution in [0.5, 0.6) is 0 Å². The number of nitrogens with one attached hydrogen (secondary N) is 2. The van der Waals surface area contributed by atoms with Crippen LogP contribution in [-0.4, -0.2) is 28.5 Å². The third-order valence-electron chi connectivity index (χ3n) is 2.55. The summed E-state index contributed by atoms with van der Waals surface area (Å²) in [5.74, 6) is 0.211. The molecule has 1 aliphatic rings. The van der Waals surface area contributed by atoms with Crippen LogP contribution in [-0.2, 0) is 4.79 Å². The van der Waals surface area contributed by atoms with Crippen LogP contribution < -0.4 is 10.6 Å². The maximum absolute atomic E-state index is 11.9. The van der Waals surface area contributed by atoms with Crippen LogP contribution in [0, 0.1) is 0 Å². The fraction of sp³-hybridized carbons (Fsp3) is 0.500. The number of nitrogens with zero attached hydrogens (tertiary/aromatic N) is 2. The molecule has 2 N–H and O–H groups in total. The van der Waals surface area contributed by atoms with Crippen molar-refractivity contribution in [3.05, 3.63) is 16.5 Å². The lowest BCUT2D eigenvalue weighted by atomic mass is 10.0. The van der Waals surface area contributed by atoms with Crippen molar-refractivity contribution in [1.29, 1.82) is 0 Å². The van der Waals surface area contributed by atoms with Crippen LogP contribution in [0.1, 0.15) is 19.3 Å². The van der Waals surface area contributed by atoms with Crippen LogP contribution in [0.2, 0.25) is 10.4 Å². The van der Waals surface area contributed by atoms with E-state index < -0.39 is 0 Å². The molecule has 2 heterocycles. The predicted molar refractivity (Wildman–Crippen MR) is 66.3 cm³/mol. The molecule has 5 nitrogen and oxygen atoms in total. The number of hydrogen-bond acceptors (Lipinski definition) is 4. The van der Waals surface area contributed by atoms with E-state index in [1.54, 1.807) is 0 Å². The minimum absolute atomic E-state index is 0.0180. The number of amides is 1. The highest BCUT2D eigenvalue weighted by molar-refractivity contribution is 6.32. The van der Waals surface area contributed by atoms with Gasteiger partial charge in [-0.2, -0.15) is 0 Å². The fourth-order valence-electron chi connectivity index (χ4n) is 1.74. The van der Waals surface area contributed by atoms with Crippen molar-refractivity contribution >= 4 is 34.9 Å². The highest BCUT2D eigenvalue weighted by atomic mass is 35.5. The van der Waals surface area contributed by atoms with Crippen molar-refractivity contribution < 1.29 is 4.79 Å². The van der Waals surface area contributed by atoms with Gasteiger partial charge in [0.2, 0.25) is 11.2 Å². The Morgan fingerprint density at radius 1 is 1.41 bits per heavy atom. The first-order chi connectivity index (χ1) is 8.15. The van der Waals surface area contributed by atoms with Crippen LogP contribution in [0.15, 0.2) is 6.07 Å². The molecule has 0 radical (unpaired) electrons. The van der Waals surface area contributed by atoms with Crippen molar-refractivity contribution in [1.82, 2.24) is 15.3 Å². The molecule has 2 rings (SSSR count). The third-order valence-corrected chi connectivity index (χ3v) is 2.91. The zero-order chi connectivity index (χ0) is 12.3. The summed E-state index contributed by atoms with van der Waals surface area (Å²) in [6.07, 6.45) is 2.99. The standard InChI is InChI=1S/C10H12Cl2N4O/c11-7-5-8(16-10(12)14-7)15-9(17)6-3-1-2-4-13-6/h5-6,13H,1-4H2,(H,14,15,16,17)/t6-/m1/s1. The maximum atomic E-state index is 11.9. The number of hydrogen-bond donors (Lipinski definition) is 2. The number of anilines is 1. The lowest BCUT2D eigenvalue weighted by Crippen LogP contribution is -2.43. The summed E-state index contributed by atoms with van der Waals surface area (Å²) in [5.41, 5.74) is 0. The molecule has 1 saturated heterocycles. The van der Waals surface area contributed by atoms with Crippen molar-refractivity contribution in [2.24, 2.45) is 0 Å². The molecule has 0 saturated carbocycles. The van der Waals surface area contributed by atoms with Crippen molar-refractivity contribution in [2.45, 2.75) is 25.3 Å². The Morgan fingerprint density at radius 2 is 2.24 bits per heavy atom. The Balaban J connectivity index is 2.01. The second-order valence-corrected chi connectivity index (χ2v) is 4.56. The molecule has 1 amide bonds. The summed E-state index contributed by atoms with van der Waals surface area (Å²) in [7, 11) is 0. The fourth-order valence-corrected chi connectivity index (χ4v) is 2.15. The summed E-state index contributed by atoms with van der Waals surface area (Å²) in [6, 6.07) is 1.30. The first kappa shape index (κ1) is 12.5. The lowest BCUT2D eigenvalue weighted by Gasteiger charge is -2.22. The molecule has 0 aromatic carbocycles. The molecule has 1 aliphatic heterocycles. The van der Waals surface area contributed by atoms with E-state index in [2.05, 4.69) is 20.6 Å². The Bertz CT molecular complexity index is 401. The third kappa shape index (κ3) is 3.52. The van der Waals surface area contributed by atoms with E-state index in [0.717, 1.165) is 25.8 Å². The number of aromatic nitrogens is 2. The number of piperidine rings is 1. The van der Waals surface area contributed by atoms with E-state index in [-0.39, 0.29) is 22.4 Å². The average Bonchev–Trinajstić information content (AvgIpc) is 2.28. The van der Waals surface area contributed by atoms with Crippen LogP contribution in [0.25, 0.3) is 0 Å². The number of halogens is 2. The van der Waals surface area contributed by atoms with Crippen molar-refractivity contribution in [3.63, 3.8) is 0 Å². The second-order valence-electron chi connectivity index (χ2n) is 3.84. The molecule has 1 aromatic rings. The molecule has 1 atom stereocenters. The molecular weight excluding hydrogens is 263 g/mol. The summed E-state index contributed by atoms with van der Waals surface area (Å²) in [4.78, 5) is 19.5. The van der Waals surface area contributed by atoms with Gasteiger partial charge in [0.15, 0.2) is 0 Å². The summed E-state index contributed by atoms with van der Waals surface area (Å²) in [6.45, 7) is 0.864. The Labute approximate surface area is 109 Å². The molecule has 1 aromatic heterocycles. The smallest absolute Gasteiger partial charge is 0.242 e. The van der Waals surface area contributed by atoms with Gasteiger partial charge in [0, 0.05) is 6.07 Å². The van der Waals surface area contributed by atoms with Gasteiger partial charge in [0.05, 0.1) is 6.04 Å². The van der Waals surface area contributed by atoms with Crippen molar-refractivity contribution in [2.75, 3.05) is 11.9 Å². The summed E-state index contributed by atoms with van der Waals surface area (Å²) in [5, 5.41) is 6.04. The summed E-state index contributed by atoms with van der Waals surface area (Å²) >= 11 is 11.4. The van der Waals surface area contributed by atoms with Crippen LogP contribution >= 0.6 is 23.2 Å². The summed E-state index contributed by atoms with van der Waals surface area (Å²) < 4.78 is 0. The van der Waals surface area contributed by atoms with E-state index in [0.29, 0.717) is 5.82 Å². The van der Waals surface area contributed by atoms with Crippen LogP contribution in [0.3, 0.4) is 0 Å². The van der Waals surface area contributed by atoms with E-state index in [1.807, 2.05) is 0 Å². The monoisotopic (exact) mass is 274 g/mol.